The van der Waals surface area contributed by atoms with Crippen molar-refractivity contribution in [2.75, 3.05) is 27.9 Å². The van der Waals surface area contributed by atoms with E-state index in [-0.39, 0.29) is 28.5 Å². The summed E-state index contributed by atoms with van der Waals surface area (Å²) in [6, 6.07) is 9.91. The number of H-pyrrole nitrogens is 1. The molecule has 0 unspecified atom stereocenters. The lowest BCUT2D eigenvalue weighted by atomic mass is 10.1. The van der Waals surface area contributed by atoms with Gasteiger partial charge in [0.05, 0.1) is 39.2 Å². The Kier molecular flexibility index (Phi) is 11.0. The molecule has 4 N–H and O–H groups in total. The number of rotatable bonds is 9. The van der Waals surface area contributed by atoms with Gasteiger partial charge in [-0.2, -0.15) is 15.4 Å². The maximum Gasteiger partial charge on any atom is 0.348 e. The van der Waals surface area contributed by atoms with E-state index in [0.717, 1.165) is 40.3 Å². The number of hydrogen-bond donors (Lipinski definition) is 4. The number of thiophene rings is 1. The number of methoxy groups -OCH3 is 3. The highest BCUT2D eigenvalue weighted by molar-refractivity contribution is 7.12. The van der Waals surface area contributed by atoms with Gasteiger partial charge in [0.2, 0.25) is 0 Å². The van der Waals surface area contributed by atoms with Crippen molar-refractivity contribution in [3.8, 4) is 17.2 Å². The molecule has 17 nitrogen and oxygen atoms in total. The molecule has 0 bridgehead atoms. The van der Waals surface area contributed by atoms with E-state index in [2.05, 4.69) is 24.9 Å². The number of benzene rings is 2. The van der Waals surface area contributed by atoms with Gasteiger partial charge in [0, 0.05) is 30.0 Å². The summed E-state index contributed by atoms with van der Waals surface area (Å²) in [6.07, 6.45) is -4.58. The minimum absolute atomic E-state index is 0.0121. The molecule has 0 amide bonds. The average Bonchev–Trinajstić information content (AvgIpc) is 3.88. The van der Waals surface area contributed by atoms with Crippen LogP contribution in [0.5, 0.6) is 11.5 Å². The Labute approximate surface area is 284 Å². The number of halogens is 1. The number of fused-ring (bicyclic) bond motifs is 1. The van der Waals surface area contributed by atoms with E-state index in [9.17, 15) is 34.5 Å². The number of carbonyl (C=O) groups excluding carboxylic acids is 2. The summed E-state index contributed by atoms with van der Waals surface area (Å²) >= 11 is 1.15. The topological polar surface area (TPSA) is 227 Å². The monoisotopic (exact) mass is 715 g/mol. The van der Waals surface area contributed by atoms with Crippen LogP contribution < -0.4 is 20.7 Å². The van der Waals surface area contributed by atoms with Gasteiger partial charge in [0.25, 0.3) is 5.56 Å². The molecule has 50 heavy (non-hydrogen) atoms. The predicted octanol–water partition coefficient (Wildman–Crippen LogP) is 0.930. The molecule has 0 aliphatic carbocycles. The lowest BCUT2D eigenvalue weighted by Gasteiger charge is -2.19. The first-order valence-electron chi connectivity index (χ1n) is 14.5. The molecular weight excluding hydrogens is 685 g/mol. The summed E-state index contributed by atoms with van der Waals surface area (Å²) < 4.78 is 42.0. The van der Waals surface area contributed by atoms with Crippen molar-refractivity contribution in [1.29, 1.82) is 0 Å². The Morgan fingerprint density at radius 2 is 1.78 bits per heavy atom. The fraction of sp³-hybridized carbons (Fsp3) is 0.290. The number of aliphatic hydroxyl groups excluding tert-OH is 3. The van der Waals surface area contributed by atoms with Crippen LogP contribution in [0.1, 0.15) is 31.8 Å². The van der Waals surface area contributed by atoms with Crippen LogP contribution in [0.4, 0.5) is 4.39 Å². The lowest BCUT2D eigenvalue weighted by Crippen LogP contribution is -2.42. The van der Waals surface area contributed by atoms with E-state index < -0.39 is 65.8 Å². The summed E-state index contributed by atoms with van der Waals surface area (Å²) in [7, 11) is 3.84. The fourth-order valence-electron chi connectivity index (χ4n) is 5.01. The van der Waals surface area contributed by atoms with Gasteiger partial charge in [-0.25, -0.2) is 23.3 Å². The van der Waals surface area contributed by atoms with Gasteiger partial charge < -0.3 is 39.0 Å². The van der Waals surface area contributed by atoms with Crippen LogP contribution in [-0.4, -0.2) is 98.1 Å². The second kappa shape index (κ2) is 15.4. The van der Waals surface area contributed by atoms with Gasteiger partial charge in [-0.1, -0.05) is 12.1 Å². The number of aliphatic hydroxyl groups is 3. The third-order valence-corrected chi connectivity index (χ3v) is 8.43. The first-order chi connectivity index (χ1) is 24.0. The van der Waals surface area contributed by atoms with Gasteiger partial charge >= 0.3 is 17.6 Å². The predicted molar refractivity (Wildman–Crippen MR) is 171 cm³/mol. The highest BCUT2D eigenvalue weighted by Gasteiger charge is 2.44. The number of carbonyl (C=O) groups is 2. The zero-order valence-corrected chi connectivity index (χ0v) is 27.3. The van der Waals surface area contributed by atoms with Crippen LogP contribution in [-0.2, 0) is 20.8 Å². The normalized spacial score (nSPS) is 18.3. The fourth-order valence-corrected chi connectivity index (χ4v) is 5.81. The Morgan fingerprint density at radius 1 is 1.02 bits per heavy atom. The minimum Gasteiger partial charge on any atom is -0.493 e. The van der Waals surface area contributed by atoms with Crippen molar-refractivity contribution < 1.29 is 53.0 Å². The molecule has 1 aliphatic rings. The number of nitrogens with zero attached hydrogens (tertiary/aromatic N) is 4. The van der Waals surface area contributed by atoms with Crippen molar-refractivity contribution in [2.24, 2.45) is 0 Å². The number of para-hydroxylation sites is 1. The molecule has 5 aromatic rings. The van der Waals surface area contributed by atoms with E-state index >= 15 is 4.39 Å². The molecule has 1 saturated heterocycles. The second-order valence-electron chi connectivity index (χ2n) is 10.4. The Balaban J connectivity index is 0.000000315. The summed E-state index contributed by atoms with van der Waals surface area (Å²) in [4.78, 5) is 48.4. The highest BCUT2D eigenvalue weighted by atomic mass is 32.1. The number of nitrogens with one attached hydrogen (secondary N) is 1. The largest absolute Gasteiger partial charge is 0.493 e. The molecule has 4 heterocycles. The molecule has 1 fully saturated rings. The summed E-state index contributed by atoms with van der Waals surface area (Å²) in [6.45, 7) is -0.624. The van der Waals surface area contributed by atoms with Crippen LogP contribution in [0, 0.1) is 5.82 Å². The quantitative estimate of drug-likeness (QED) is 0.156. The molecule has 0 spiro atoms. The van der Waals surface area contributed by atoms with Crippen LogP contribution in [0.25, 0.3) is 16.7 Å². The number of aromatic nitrogens is 5. The highest BCUT2D eigenvalue weighted by Crippen LogP contribution is 2.33. The molecular formula is C31H30FN5O12S. The third-order valence-electron chi connectivity index (χ3n) is 7.53. The molecule has 2 aromatic carbocycles. The van der Waals surface area contributed by atoms with E-state index in [1.807, 2.05) is 0 Å². The number of aromatic amines is 1. The molecule has 19 heteroatoms. The first-order valence-corrected chi connectivity index (χ1v) is 15.4. The first kappa shape index (κ1) is 35.8. The molecule has 3 aromatic heterocycles. The second-order valence-corrected chi connectivity index (χ2v) is 11.3. The van der Waals surface area contributed by atoms with Crippen LogP contribution in [0.3, 0.4) is 0 Å². The van der Waals surface area contributed by atoms with Crippen molar-refractivity contribution in [1.82, 2.24) is 24.5 Å². The van der Waals surface area contributed by atoms with E-state index in [0.29, 0.717) is 21.2 Å². The van der Waals surface area contributed by atoms with Crippen LogP contribution >= 0.6 is 11.3 Å². The van der Waals surface area contributed by atoms with Crippen molar-refractivity contribution in [3.63, 3.8) is 0 Å². The van der Waals surface area contributed by atoms with E-state index in [1.54, 1.807) is 23.6 Å². The Morgan fingerprint density at radius 3 is 2.46 bits per heavy atom. The summed E-state index contributed by atoms with van der Waals surface area (Å²) in [5.41, 5.74) is -0.243. The van der Waals surface area contributed by atoms with Crippen LogP contribution in [0.2, 0.25) is 0 Å². The van der Waals surface area contributed by atoms with Crippen molar-refractivity contribution in [2.45, 2.75) is 31.1 Å². The number of ether oxygens (including phenoxy) is 5. The van der Waals surface area contributed by atoms with Crippen molar-refractivity contribution in [3.05, 3.63) is 96.7 Å². The number of hydrogen-bond acceptors (Lipinski definition) is 15. The Bertz CT molecular complexity index is 2100. The molecule has 6 rings (SSSR count). The van der Waals surface area contributed by atoms with Crippen LogP contribution in [0.15, 0.2) is 63.6 Å². The number of esters is 2. The smallest absolute Gasteiger partial charge is 0.348 e. The van der Waals surface area contributed by atoms with Gasteiger partial charge in [-0.3, -0.25) is 9.36 Å². The summed E-state index contributed by atoms with van der Waals surface area (Å²) in [5.74, 6) is -1.95. The SMILES string of the molecule is COC(=O)c1ccsc1C(=O)OC.COc1cc(F)c(-n2c(=O)ccn([C@@H]3O[C@H](CO)[C@@H](O)[C@H]3O)c2=O)cc1OCc1cccc2n[nH]nc12. The lowest BCUT2D eigenvalue weighted by molar-refractivity contribution is -0.0553. The summed E-state index contributed by atoms with van der Waals surface area (Å²) in [5, 5.41) is 42.0. The maximum absolute atomic E-state index is 15.1. The van der Waals surface area contributed by atoms with E-state index in [4.69, 9.17) is 14.2 Å². The Hall–Kier alpha value is -5.47. The molecule has 0 radical (unpaired) electrons. The zero-order valence-electron chi connectivity index (χ0n) is 26.5. The molecule has 264 valence electrons. The average molecular weight is 716 g/mol. The van der Waals surface area contributed by atoms with Gasteiger partial charge in [-0.05, 0) is 17.5 Å². The standard InChI is InChI=1S/C23H22FN5O8.C8H8O4S/c1-35-15-7-12(24)14(8-16(15)36-10-11-3-2-4-13-19(11)26-27-25-13)29-18(31)5-6-28(23(29)34)22-21(33)20(32)17(9-30)37-22;1-11-7(9)5-3-4-13-6(5)8(10)12-2/h2-8,17,20-22,30,32-33H,9-10H2,1H3,(H,25,26,27);3-4H,1-2H3/t17-,20-,21-,22-;/m1./s1. The minimum atomic E-state index is -1.58. The third kappa shape index (κ3) is 6.98. The maximum atomic E-state index is 15.1. The van der Waals surface area contributed by atoms with Gasteiger partial charge in [-0.15, -0.1) is 11.3 Å². The molecule has 4 atom stereocenters. The van der Waals surface area contributed by atoms with E-state index in [1.165, 1.54) is 27.4 Å². The van der Waals surface area contributed by atoms with Gasteiger partial charge in [0.1, 0.15) is 40.8 Å². The zero-order chi connectivity index (χ0) is 36.1. The molecule has 1 aliphatic heterocycles. The van der Waals surface area contributed by atoms with Gasteiger partial charge in [0.15, 0.2) is 23.5 Å². The molecule has 0 saturated carbocycles. The van der Waals surface area contributed by atoms with Crippen molar-refractivity contribution >= 4 is 34.3 Å².